The highest BCUT2D eigenvalue weighted by Crippen LogP contribution is 2.06. The summed E-state index contributed by atoms with van der Waals surface area (Å²) in [6, 6.07) is 5.58. The summed E-state index contributed by atoms with van der Waals surface area (Å²) in [5, 5.41) is 4.25. The lowest BCUT2D eigenvalue weighted by Gasteiger charge is -1.99. The van der Waals surface area contributed by atoms with Crippen LogP contribution < -0.4 is 5.73 Å². The molecule has 4 heteroatoms. The molecule has 0 unspecified atom stereocenters. The number of aryl methyl sites for hydroxylation is 1. The quantitative estimate of drug-likeness (QED) is 0.705. The maximum atomic E-state index is 5.47. The first-order valence-corrected chi connectivity index (χ1v) is 4.00. The Hall–Kier alpha value is -1.84. The summed E-state index contributed by atoms with van der Waals surface area (Å²) in [6.45, 7) is 1.95. The zero-order chi connectivity index (χ0) is 9.26. The highest BCUT2D eigenvalue weighted by molar-refractivity contribution is 5.36. The van der Waals surface area contributed by atoms with E-state index in [1.807, 2.05) is 25.3 Å². The van der Waals surface area contributed by atoms with Crippen LogP contribution in [0.2, 0.25) is 0 Å². The molecule has 0 bridgehead atoms. The molecule has 0 aliphatic carbocycles. The lowest BCUT2D eigenvalue weighted by atomic mass is 10.4. The fourth-order valence-corrected chi connectivity index (χ4v) is 1.09. The number of hydrogen-bond donors (Lipinski definition) is 1. The van der Waals surface area contributed by atoms with Crippen LogP contribution in [0.15, 0.2) is 30.6 Å². The molecule has 66 valence electrons. The van der Waals surface area contributed by atoms with Crippen LogP contribution in [0, 0.1) is 6.92 Å². The van der Waals surface area contributed by atoms with Gasteiger partial charge in [0.2, 0.25) is 0 Å². The summed E-state index contributed by atoms with van der Waals surface area (Å²) < 4.78 is 1.77. The van der Waals surface area contributed by atoms with Crippen molar-refractivity contribution in [3.05, 3.63) is 36.3 Å². The molecule has 0 amide bonds. The molecule has 2 aromatic heterocycles. The maximum Gasteiger partial charge on any atom is 0.123 e. The zero-order valence-corrected chi connectivity index (χ0v) is 7.31. The van der Waals surface area contributed by atoms with Gasteiger partial charge in [-0.05, 0) is 25.1 Å². The molecule has 0 aliphatic rings. The van der Waals surface area contributed by atoms with Crippen LogP contribution in [-0.2, 0) is 0 Å². The standard InChI is InChI=1S/C9H10N4/c1-7-4-5-13(12-7)8-2-3-9(10)11-6-8/h2-6H,1H3,(H2,10,11). The minimum atomic E-state index is 0.521. The van der Waals surface area contributed by atoms with Gasteiger partial charge >= 0.3 is 0 Å². The molecule has 0 aliphatic heterocycles. The number of aromatic nitrogens is 3. The molecule has 2 N–H and O–H groups in total. The molecular formula is C9H10N4. The van der Waals surface area contributed by atoms with E-state index in [2.05, 4.69) is 10.1 Å². The number of pyridine rings is 1. The molecule has 2 rings (SSSR count). The highest BCUT2D eigenvalue weighted by Gasteiger charge is 1.97. The summed E-state index contributed by atoms with van der Waals surface area (Å²) in [4.78, 5) is 3.98. The Bertz CT molecular complexity index is 402. The second-order valence-corrected chi connectivity index (χ2v) is 2.84. The van der Waals surface area contributed by atoms with Gasteiger partial charge in [-0.2, -0.15) is 5.10 Å². The summed E-state index contributed by atoms with van der Waals surface area (Å²) in [7, 11) is 0. The smallest absolute Gasteiger partial charge is 0.123 e. The third kappa shape index (κ3) is 1.51. The van der Waals surface area contributed by atoms with Gasteiger partial charge in [0.1, 0.15) is 5.82 Å². The van der Waals surface area contributed by atoms with Crippen LogP contribution >= 0.6 is 0 Å². The Kier molecular flexibility index (Phi) is 1.73. The SMILES string of the molecule is Cc1ccn(-c2ccc(N)nc2)n1. The van der Waals surface area contributed by atoms with Crippen LogP contribution in [0.5, 0.6) is 0 Å². The molecule has 2 heterocycles. The van der Waals surface area contributed by atoms with Crippen molar-refractivity contribution < 1.29 is 0 Å². The van der Waals surface area contributed by atoms with Crippen molar-refractivity contribution in [2.24, 2.45) is 0 Å². The topological polar surface area (TPSA) is 56.7 Å². The predicted octanol–water partition coefficient (Wildman–Crippen LogP) is 1.16. The van der Waals surface area contributed by atoms with Gasteiger partial charge in [0, 0.05) is 6.20 Å². The van der Waals surface area contributed by atoms with Gasteiger partial charge < -0.3 is 5.73 Å². The van der Waals surface area contributed by atoms with Crippen LogP contribution in [-0.4, -0.2) is 14.8 Å². The number of rotatable bonds is 1. The number of anilines is 1. The van der Waals surface area contributed by atoms with Crippen LogP contribution in [0.25, 0.3) is 5.69 Å². The zero-order valence-electron chi connectivity index (χ0n) is 7.31. The third-order valence-corrected chi connectivity index (χ3v) is 1.76. The van der Waals surface area contributed by atoms with Crippen molar-refractivity contribution >= 4 is 5.82 Å². The van der Waals surface area contributed by atoms with E-state index < -0.39 is 0 Å². The van der Waals surface area contributed by atoms with E-state index in [-0.39, 0.29) is 0 Å². The van der Waals surface area contributed by atoms with Crippen LogP contribution in [0.4, 0.5) is 5.82 Å². The number of nitrogens with two attached hydrogens (primary N) is 1. The van der Waals surface area contributed by atoms with Crippen molar-refractivity contribution in [1.82, 2.24) is 14.8 Å². The van der Waals surface area contributed by atoms with Crippen LogP contribution in [0.1, 0.15) is 5.69 Å². The van der Waals surface area contributed by atoms with E-state index in [1.165, 1.54) is 0 Å². The fraction of sp³-hybridized carbons (Fsp3) is 0.111. The molecule has 0 aromatic carbocycles. The Morgan fingerprint density at radius 2 is 2.15 bits per heavy atom. The van der Waals surface area contributed by atoms with Gasteiger partial charge in [-0.1, -0.05) is 0 Å². The lowest BCUT2D eigenvalue weighted by molar-refractivity contribution is 0.857. The van der Waals surface area contributed by atoms with Crippen molar-refractivity contribution in [3.63, 3.8) is 0 Å². The lowest BCUT2D eigenvalue weighted by Crippen LogP contribution is -1.97. The molecule has 13 heavy (non-hydrogen) atoms. The first-order valence-electron chi connectivity index (χ1n) is 4.00. The highest BCUT2D eigenvalue weighted by atomic mass is 15.3. The van der Waals surface area contributed by atoms with Gasteiger partial charge in [0.25, 0.3) is 0 Å². The Morgan fingerprint density at radius 1 is 1.31 bits per heavy atom. The van der Waals surface area contributed by atoms with E-state index in [0.29, 0.717) is 5.82 Å². The molecule has 0 radical (unpaired) electrons. The van der Waals surface area contributed by atoms with E-state index >= 15 is 0 Å². The van der Waals surface area contributed by atoms with E-state index in [9.17, 15) is 0 Å². The normalized spacial score (nSPS) is 10.2. The first kappa shape index (κ1) is 7.79. The van der Waals surface area contributed by atoms with E-state index in [1.54, 1.807) is 16.9 Å². The van der Waals surface area contributed by atoms with Crippen LogP contribution in [0.3, 0.4) is 0 Å². The minimum Gasteiger partial charge on any atom is -0.384 e. The predicted molar refractivity (Wildman–Crippen MR) is 50.5 cm³/mol. The Morgan fingerprint density at radius 3 is 2.69 bits per heavy atom. The van der Waals surface area contributed by atoms with Gasteiger partial charge in [0.05, 0.1) is 17.6 Å². The fourth-order valence-electron chi connectivity index (χ4n) is 1.09. The molecule has 0 fully saturated rings. The molecule has 2 aromatic rings. The molecule has 0 saturated heterocycles. The number of nitrogens with zero attached hydrogens (tertiary/aromatic N) is 3. The van der Waals surface area contributed by atoms with Crippen molar-refractivity contribution in [2.45, 2.75) is 6.92 Å². The van der Waals surface area contributed by atoms with Gasteiger partial charge in [-0.15, -0.1) is 0 Å². The molecule has 4 nitrogen and oxygen atoms in total. The average Bonchev–Trinajstić information content (AvgIpc) is 2.53. The summed E-state index contributed by atoms with van der Waals surface area (Å²) in [5.74, 6) is 0.521. The van der Waals surface area contributed by atoms with Crippen molar-refractivity contribution in [1.29, 1.82) is 0 Å². The number of hydrogen-bond acceptors (Lipinski definition) is 3. The maximum absolute atomic E-state index is 5.47. The minimum absolute atomic E-state index is 0.521. The molecule has 0 atom stereocenters. The van der Waals surface area contributed by atoms with Gasteiger partial charge in [0.15, 0.2) is 0 Å². The second-order valence-electron chi connectivity index (χ2n) is 2.84. The largest absolute Gasteiger partial charge is 0.384 e. The number of nitrogen functional groups attached to an aromatic ring is 1. The Balaban J connectivity index is 2.41. The molecular weight excluding hydrogens is 164 g/mol. The Labute approximate surface area is 76.0 Å². The third-order valence-electron chi connectivity index (χ3n) is 1.76. The van der Waals surface area contributed by atoms with Gasteiger partial charge in [-0.25, -0.2) is 9.67 Å². The first-order chi connectivity index (χ1) is 6.25. The average molecular weight is 174 g/mol. The van der Waals surface area contributed by atoms with Crippen molar-refractivity contribution in [2.75, 3.05) is 5.73 Å². The molecule has 0 saturated carbocycles. The van der Waals surface area contributed by atoms with Crippen molar-refractivity contribution in [3.8, 4) is 5.69 Å². The van der Waals surface area contributed by atoms with E-state index in [0.717, 1.165) is 11.4 Å². The van der Waals surface area contributed by atoms with Gasteiger partial charge in [-0.3, -0.25) is 0 Å². The molecule has 0 spiro atoms. The van der Waals surface area contributed by atoms with E-state index in [4.69, 9.17) is 5.73 Å². The monoisotopic (exact) mass is 174 g/mol. The summed E-state index contributed by atoms with van der Waals surface area (Å²) >= 11 is 0. The summed E-state index contributed by atoms with van der Waals surface area (Å²) in [5.41, 5.74) is 7.37. The summed E-state index contributed by atoms with van der Waals surface area (Å²) in [6.07, 6.45) is 3.59. The second kappa shape index (κ2) is 2.90.